The first-order chi connectivity index (χ1) is 6.45. The van der Waals surface area contributed by atoms with Crippen molar-refractivity contribution in [2.75, 3.05) is 6.61 Å². The molecule has 0 bridgehead atoms. The predicted molar refractivity (Wildman–Crippen MR) is 52.1 cm³/mol. The predicted octanol–water partition coefficient (Wildman–Crippen LogP) is 2.81. The summed E-state index contributed by atoms with van der Waals surface area (Å²) < 4.78 is 5.69. The van der Waals surface area contributed by atoms with E-state index in [-0.39, 0.29) is 0 Å². The molecular weight excluding hydrogens is 160 g/mol. The Kier molecular flexibility index (Phi) is 1.58. The zero-order chi connectivity index (χ0) is 8.67. The van der Waals surface area contributed by atoms with Gasteiger partial charge in [0.1, 0.15) is 0 Å². The van der Waals surface area contributed by atoms with Gasteiger partial charge in [0.2, 0.25) is 0 Å². The van der Waals surface area contributed by atoms with Crippen molar-refractivity contribution < 1.29 is 4.74 Å². The molecule has 1 fully saturated rings. The Morgan fingerprint density at radius 3 is 3.31 bits per heavy atom. The highest BCUT2D eigenvalue weighted by molar-refractivity contribution is 5.39. The summed E-state index contributed by atoms with van der Waals surface area (Å²) >= 11 is 0. The van der Waals surface area contributed by atoms with Crippen molar-refractivity contribution in [3.05, 3.63) is 35.6 Å². The van der Waals surface area contributed by atoms with Crippen molar-refractivity contribution in [1.82, 2.24) is 0 Å². The highest BCUT2D eigenvalue weighted by Crippen LogP contribution is 2.44. The Labute approximate surface area is 78.8 Å². The van der Waals surface area contributed by atoms with Crippen LogP contribution < -0.4 is 0 Å². The standard InChI is InChI=1S/C12H14O/c1-2-5-10-9(4-1)8-12-11(10)6-3-7-13-12/h1-2,4,8,10-11H,3,5-7H2. The molecular formula is C12H14O. The molecule has 0 aromatic heterocycles. The third-order valence-corrected chi connectivity index (χ3v) is 3.33. The van der Waals surface area contributed by atoms with Crippen LogP contribution in [0.1, 0.15) is 19.3 Å². The number of allylic oxidation sites excluding steroid dienone is 6. The van der Waals surface area contributed by atoms with Gasteiger partial charge in [-0.3, -0.25) is 0 Å². The van der Waals surface area contributed by atoms with Crippen LogP contribution in [0.3, 0.4) is 0 Å². The molecule has 0 N–H and O–H groups in total. The first-order valence-electron chi connectivity index (χ1n) is 5.16. The van der Waals surface area contributed by atoms with Crippen LogP contribution >= 0.6 is 0 Å². The second-order valence-corrected chi connectivity index (χ2v) is 4.08. The normalized spacial score (nSPS) is 35.7. The van der Waals surface area contributed by atoms with Gasteiger partial charge in [0.15, 0.2) is 0 Å². The fourth-order valence-electron chi connectivity index (χ4n) is 2.67. The van der Waals surface area contributed by atoms with Crippen LogP contribution in [0.15, 0.2) is 35.6 Å². The van der Waals surface area contributed by atoms with Gasteiger partial charge < -0.3 is 4.74 Å². The van der Waals surface area contributed by atoms with E-state index in [4.69, 9.17) is 4.74 Å². The molecule has 1 aliphatic heterocycles. The van der Waals surface area contributed by atoms with Crippen molar-refractivity contribution in [3.8, 4) is 0 Å². The molecule has 2 unspecified atom stereocenters. The molecule has 3 aliphatic rings. The third-order valence-electron chi connectivity index (χ3n) is 3.33. The maximum Gasteiger partial charge on any atom is 0.0999 e. The number of ether oxygens (including phenoxy) is 1. The van der Waals surface area contributed by atoms with Gasteiger partial charge in [-0.2, -0.15) is 0 Å². The summed E-state index contributed by atoms with van der Waals surface area (Å²) in [5.41, 5.74) is 1.49. The van der Waals surface area contributed by atoms with Gasteiger partial charge in [-0.1, -0.05) is 18.2 Å². The van der Waals surface area contributed by atoms with Crippen molar-refractivity contribution in [3.63, 3.8) is 0 Å². The molecule has 2 aliphatic carbocycles. The van der Waals surface area contributed by atoms with Gasteiger partial charge in [-0.25, -0.2) is 0 Å². The average Bonchev–Trinajstić information content (AvgIpc) is 2.56. The van der Waals surface area contributed by atoms with E-state index in [0.29, 0.717) is 5.92 Å². The lowest BCUT2D eigenvalue weighted by Gasteiger charge is -2.27. The number of hydrogen-bond acceptors (Lipinski definition) is 1. The summed E-state index contributed by atoms with van der Waals surface area (Å²) in [6.07, 6.45) is 12.7. The minimum atomic E-state index is 0.699. The maximum atomic E-state index is 5.69. The molecule has 68 valence electrons. The molecule has 2 atom stereocenters. The molecule has 13 heavy (non-hydrogen) atoms. The summed E-state index contributed by atoms with van der Waals surface area (Å²) in [6, 6.07) is 0. The molecule has 1 heteroatoms. The quantitative estimate of drug-likeness (QED) is 0.548. The van der Waals surface area contributed by atoms with E-state index >= 15 is 0 Å². The van der Waals surface area contributed by atoms with Gasteiger partial charge in [0.05, 0.1) is 12.4 Å². The van der Waals surface area contributed by atoms with E-state index in [1.165, 1.54) is 30.6 Å². The van der Waals surface area contributed by atoms with Crippen LogP contribution in [-0.2, 0) is 4.74 Å². The Bertz CT molecular complexity index is 309. The van der Waals surface area contributed by atoms with Crippen molar-refractivity contribution in [2.45, 2.75) is 19.3 Å². The van der Waals surface area contributed by atoms with E-state index in [2.05, 4.69) is 24.3 Å². The lowest BCUT2D eigenvalue weighted by Crippen LogP contribution is -2.19. The van der Waals surface area contributed by atoms with Crippen LogP contribution in [0, 0.1) is 11.8 Å². The van der Waals surface area contributed by atoms with Gasteiger partial charge >= 0.3 is 0 Å². The molecule has 3 rings (SSSR count). The molecule has 0 saturated carbocycles. The fraction of sp³-hybridized carbons (Fsp3) is 0.500. The first-order valence-corrected chi connectivity index (χ1v) is 5.16. The smallest absolute Gasteiger partial charge is 0.0999 e. The highest BCUT2D eigenvalue weighted by atomic mass is 16.5. The molecule has 1 nitrogen and oxygen atoms in total. The van der Waals surface area contributed by atoms with E-state index in [1.54, 1.807) is 0 Å². The largest absolute Gasteiger partial charge is 0.498 e. The van der Waals surface area contributed by atoms with Crippen LogP contribution in [0.4, 0.5) is 0 Å². The summed E-state index contributed by atoms with van der Waals surface area (Å²) in [4.78, 5) is 0. The minimum absolute atomic E-state index is 0.699. The SMILES string of the molecule is C1=CCC2C(=C1)C=C1OCCCC12. The molecule has 0 aromatic carbocycles. The van der Waals surface area contributed by atoms with E-state index in [0.717, 1.165) is 12.5 Å². The monoisotopic (exact) mass is 174 g/mol. The zero-order valence-corrected chi connectivity index (χ0v) is 7.70. The second kappa shape index (κ2) is 2.76. The summed E-state index contributed by atoms with van der Waals surface area (Å²) in [5.74, 6) is 2.69. The second-order valence-electron chi connectivity index (χ2n) is 4.08. The van der Waals surface area contributed by atoms with Crippen molar-refractivity contribution >= 4 is 0 Å². The Morgan fingerprint density at radius 2 is 2.31 bits per heavy atom. The molecule has 1 heterocycles. The number of rotatable bonds is 0. The van der Waals surface area contributed by atoms with Crippen molar-refractivity contribution in [2.24, 2.45) is 11.8 Å². The third kappa shape index (κ3) is 1.06. The van der Waals surface area contributed by atoms with E-state index in [1.807, 2.05) is 0 Å². The fourth-order valence-corrected chi connectivity index (χ4v) is 2.67. The molecule has 1 saturated heterocycles. The first kappa shape index (κ1) is 7.43. The summed E-state index contributed by atoms with van der Waals surface area (Å²) in [7, 11) is 0. The van der Waals surface area contributed by atoms with Gasteiger partial charge in [-0.05, 0) is 36.8 Å². The van der Waals surface area contributed by atoms with Crippen LogP contribution in [-0.4, -0.2) is 6.61 Å². The maximum absolute atomic E-state index is 5.69. The summed E-state index contributed by atoms with van der Waals surface area (Å²) in [5, 5.41) is 0. The van der Waals surface area contributed by atoms with E-state index in [9.17, 15) is 0 Å². The lowest BCUT2D eigenvalue weighted by molar-refractivity contribution is 0.119. The molecule has 0 aromatic rings. The Balaban J connectivity index is 1.96. The molecule has 0 radical (unpaired) electrons. The van der Waals surface area contributed by atoms with Crippen LogP contribution in [0.5, 0.6) is 0 Å². The Hall–Kier alpha value is -0.980. The van der Waals surface area contributed by atoms with Gasteiger partial charge in [-0.15, -0.1) is 0 Å². The molecule has 0 amide bonds. The van der Waals surface area contributed by atoms with Crippen LogP contribution in [0.2, 0.25) is 0 Å². The van der Waals surface area contributed by atoms with Gasteiger partial charge in [0, 0.05) is 5.92 Å². The number of hydrogen-bond donors (Lipinski definition) is 0. The highest BCUT2D eigenvalue weighted by Gasteiger charge is 2.35. The van der Waals surface area contributed by atoms with E-state index < -0.39 is 0 Å². The minimum Gasteiger partial charge on any atom is -0.498 e. The van der Waals surface area contributed by atoms with Crippen LogP contribution in [0.25, 0.3) is 0 Å². The number of fused-ring (bicyclic) bond motifs is 3. The molecule has 0 spiro atoms. The lowest BCUT2D eigenvalue weighted by atomic mass is 9.83. The topological polar surface area (TPSA) is 9.23 Å². The van der Waals surface area contributed by atoms with Gasteiger partial charge in [0.25, 0.3) is 0 Å². The zero-order valence-electron chi connectivity index (χ0n) is 7.70. The summed E-state index contributed by atoms with van der Waals surface area (Å²) in [6.45, 7) is 0.926. The van der Waals surface area contributed by atoms with Crippen molar-refractivity contribution in [1.29, 1.82) is 0 Å². The average molecular weight is 174 g/mol. The Morgan fingerprint density at radius 1 is 1.31 bits per heavy atom.